The fourth-order valence-corrected chi connectivity index (χ4v) is 2.91. The van der Waals surface area contributed by atoms with E-state index < -0.39 is 6.61 Å². The quantitative estimate of drug-likeness (QED) is 0.206. The number of ether oxygens (including phenoxy) is 1. The van der Waals surface area contributed by atoms with Gasteiger partial charge in [0.05, 0.1) is 17.4 Å². The summed E-state index contributed by atoms with van der Waals surface area (Å²) in [6.07, 6.45) is 2.73. The maximum absolute atomic E-state index is 12.5. The molecule has 3 rings (SSSR count). The lowest BCUT2D eigenvalue weighted by molar-refractivity contribution is -0.0504. The van der Waals surface area contributed by atoms with Crippen molar-refractivity contribution in [3.8, 4) is 5.75 Å². The molecule has 6 nitrogen and oxygen atoms in total. The molecule has 1 aromatic heterocycles. The highest BCUT2D eigenvalue weighted by Gasteiger charge is 2.09. The van der Waals surface area contributed by atoms with Gasteiger partial charge in [-0.1, -0.05) is 30.3 Å². The second-order valence-corrected chi connectivity index (χ2v) is 6.12. The molecule has 0 saturated heterocycles. The first kappa shape index (κ1) is 22.9. The second-order valence-electron chi connectivity index (χ2n) is 6.12. The van der Waals surface area contributed by atoms with Crippen molar-refractivity contribution in [1.29, 1.82) is 0 Å². The molecule has 0 fully saturated rings. The monoisotopic (exact) mass is 515 g/mol. The summed E-state index contributed by atoms with van der Waals surface area (Å²) >= 11 is 0. The van der Waals surface area contributed by atoms with Crippen LogP contribution in [0, 0.1) is 0 Å². The fraction of sp³-hybridized carbons (Fsp3) is 0.300. The maximum atomic E-state index is 12.5. The van der Waals surface area contributed by atoms with E-state index in [1.54, 1.807) is 25.2 Å². The summed E-state index contributed by atoms with van der Waals surface area (Å²) in [5.74, 6) is 0.759. The molecule has 2 N–H and O–H groups in total. The van der Waals surface area contributed by atoms with Crippen molar-refractivity contribution in [3.05, 3.63) is 60.4 Å². The molecule has 0 aliphatic rings. The van der Waals surface area contributed by atoms with E-state index in [2.05, 4.69) is 36.0 Å². The number of para-hydroxylation sites is 3. The van der Waals surface area contributed by atoms with Crippen LogP contribution in [0.2, 0.25) is 0 Å². The average Bonchev–Trinajstić information content (AvgIpc) is 3.11. The molecule has 0 unspecified atom stereocenters. The van der Waals surface area contributed by atoms with Crippen molar-refractivity contribution < 1.29 is 13.5 Å². The zero-order valence-electron chi connectivity index (χ0n) is 16.0. The van der Waals surface area contributed by atoms with E-state index in [0.717, 1.165) is 24.0 Å². The number of nitrogens with zero attached hydrogens (tertiary/aromatic N) is 3. The lowest BCUT2D eigenvalue weighted by atomic mass is 10.2. The van der Waals surface area contributed by atoms with Crippen LogP contribution in [0.25, 0.3) is 11.0 Å². The van der Waals surface area contributed by atoms with Gasteiger partial charge in [-0.15, -0.1) is 24.0 Å². The zero-order chi connectivity index (χ0) is 19.8. The minimum absolute atomic E-state index is 0. The van der Waals surface area contributed by atoms with Gasteiger partial charge in [-0.2, -0.15) is 8.78 Å². The van der Waals surface area contributed by atoms with E-state index in [0.29, 0.717) is 24.6 Å². The van der Waals surface area contributed by atoms with Crippen LogP contribution in [0.3, 0.4) is 0 Å². The van der Waals surface area contributed by atoms with E-state index in [1.807, 2.05) is 24.5 Å². The molecule has 0 aliphatic carbocycles. The third-order valence-corrected chi connectivity index (χ3v) is 4.25. The van der Waals surface area contributed by atoms with E-state index in [1.165, 1.54) is 6.07 Å². The second kappa shape index (κ2) is 11.5. The molecule has 2 aromatic carbocycles. The first-order chi connectivity index (χ1) is 13.7. The molecular weight excluding hydrogens is 491 g/mol. The summed E-state index contributed by atoms with van der Waals surface area (Å²) in [7, 11) is 1.67. The Morgan fingerprint density at radius 2 is 1.90 bits per heavy atom. The van der Waals surface area contributed by atoms with Crippen LogP contribution < -0.4 is 15.4 Å². The van der Waals surface area contributed by atoms with Crippen LogP contribution in [0.15, 0.2) is 59.9 Å². The number of aryl methyl sites for hydroxylation is 1. The highest BCUT2D eigenvalue weighted by molar-refractivity contribution is 14.0. The van der Waals surface area contributed by atoms with Crippen molar-refractivity contribution in [3.63, 3.8) is 0 Å². The summed E-state index contributed by atoms with van der Waals surface area (Å²) < 4.78 is 31.7. The molecule has 0 saturated carbocycles. The molecule has 9 heteroatoms. The van der Waals surface area contributed by atoms with Crippen molar-refractivity contribution in [1.82, 2.24) is 20.2 Å². The molecule has 0 radical (unpaired) electrons. The van der Waals surface area contributed by atoms with Gasteiger partial charge in [0.2, 0.25) is 0 Å². The van der Waals surface area contributed by atoms with Crippen LogP contribution in [0.1, 0.15) is 12.0 Å². The van der Waals surface area contributed by atoms with Crippen molar-refractivity contribution in [2.75, 3.05) is 13.6 Å². The highest BCUT2D eigenvalue weighted by atomic mass is 127. The van der Waals surface area contributed by atoms with Gasteiger partial charge in [-0.25, -0.2) is 4.98 Å². The number of imidazole rings is 1. The van der Waals surface area contributed by atoms with Crippen molar-refractivity contribution in [2.45, 2.75) is 26.1 Å². The van der Waals surface area contributed by atoms with Gasteiger partial charge < -0.3 is 19.9 Å². The Labute approximate surface area is 185 Å². The molecule has 0 spiro atoms. The minimum Gasteiger partial charge on any atom is -0.434 e. The van der Waals surface area contributed by atoms with Crippen LogP contribution >= 0.6 is 24.0 Å². The Kier molecular flexibility index (Phi) is 9.10. The van der Waals surface area contributed by atoms with E-state index in [-0.39, 0.29) is 29.7 Å². The normalized spacial score (nSPS) is 11.4. The van der Waals surface area contributed by atoms with Gasteiger partial charge >= 0.3 is 6.61 Å². The fourth-order valence-electron chi connectivity index (χ4n) is 2.91. The predicted octanol–water partition coefficient (Wildman–Crippen LogP) is 4.01. The third-order valence-electron chi connectivity index (χ3n) is 4.25. The lowest BCUT2D eigenvalue weighted by Gasteiger charge is -2.14. The SMILES string of the molecule is CN=C(NCCCn1cnc2ccccc21)NCc1ccccc1OC(F)F.I. The summed E-state index contributed by atoms with van der Waals surface area (Å²) in [5.41, 5.74) is 2.73. The summed E-state index contributed by atoms with van der Waals surface area (Å²) in [6.45, 7) is -0.982. The molecule has 3 aromatic rings. The molecule has 29 heavy (non-hydrogen) atoms. The third kappa shape index (κ3) is 6.55. The number of aliphatic imine (C=N–C) groups is 1. The first-order valence-electron chi connectivity index (χ1n) is 9.04. The minimum atomic E-state index is -2.85. The Morgan fingerprint density at radius 3 is 2.69 bits per heavy atom. The average molecular weight is 515 g/mol. The van der Waals surface area contributed by atoms with Gasteiger partial charge in [0, 0.05) is 32.2 Å². The van der Waals surface area contributed by atoms with Gasteiger partial charge in [0.25, 0.3) is 0 Å². The van der Waals surface area contributed by atoms with Crippen LogP contribution in [0.4, 0.5) is 8.78 Å². The summed E-state index contributed by atoms with van der Waals surface area (Å²) in [5, 5.41) is 6.34. The van der Waals surface area contributed by atoms with E-state index >= 15 is 0 Å². The number of guanidine groups is 1. The van der Waals surface area contributed by atoms with Gasteiger partial charge in [0.1, 0.15) is 5.75 Å². The number of hydrogen-bond acceptors (Lipinski definition) is 3. The van der Waals surface area contributed by atoms with Crippen molar-refractivity contribution >= 4 is 41.0 Å². The van der Waals surface area contributed by atoms with Gasteiger partial charge in [-0.3, -0.25) is 4.99 Å². The molecule has 0 atom stereocenters. The summed E-state index contributed by atoms with van der Waals surface area (Å²) in [6, 6.07) is 14.7. The van der Waals surface area contributed by atoms with Gasteiger partial charge in [0.15, 0.2) is 5.96 Å². The number of nitrogens with one attached hydrogen (secondary N) is 2. The number of fused-ring (bicyclic) bond motifs is 1. The Bertz CT molecular complexity index is 932. The maximum Gasteiger partial charge on any atom is 0.387 e. The standard InChI is InChI=1S/C20H23F2N5O.HI/c1-23-20(25-13-15-7-2-5-10-18(15)28-19(21)22)24-11-6-12-27-14-26-16-8-3-4-9-17(16)27;/h2-5,7-10,14,19H,6,11-13H2,1H3,(H2,23,24,25);1H. The number of halogens is 3. The topological polar surface area (TPSA) is 63.5 Å². The lowest BCUT2D eigenvalue weighted by Crippen LogP contribution is -2.37. The molecule has 0 bridgehead atoms. The summed E-state index contributed by atoms with van der Waals surface area (Å²) in [4.78, 5) is 8.55. The molecule has 156 valence electrons. The number of rotatable bonds is 8. The zero-order valence-corrected chi connectivity index (χ0v) is 18.3. The Balaban J connectivity index is 0.00000300. The molecular formula is C20H24F2IN5O. The molecule has 0 aliphatic heterocycles. The Morgan fingerprint density at radius 1 is 1.14 bits per heavy atom. The number of aromatic nitrogens is 2. The smallest absolute Gasteiger partial charge is 0.387 e. The van der Waals surface area contributed by atoms with E-state index in [9.17, 15) is 8.78 Å². The largest absolute Gasteiger partial charge is 0.434 e. The van der Waals surface area contributed by atoms with Crippen LogP contribution in [0.5, 0.6) is 5.75 Å². The molecule has 1 heterocycles. The Hall–Kier alpha value is -2.43. The number of alkyl halides is 2. The molecule has 0 amide bonds. The number of benzene rings is 2. The van der Waals surface area contributed by atoms with Crippen LogP contribution in [-0.2, 0) is 13.1 Å². The highest BCUT2D eigenvalue weighted by Crippen LogP contribution is 2.19. The van der Waals surface area contributed by atoms with Crippen molar-refractivity contribution in [2.24, 2.45) is 4.99 Å². The number of hydrogen-bond donors (Lipinski definition) is 2. The first-order valence-corrected chi connectivity index (χ1v) is 9.04. The van der Waals surface area contributed by atoms with Gasteiger partial charge in [-0.05, 0) is 24.6 Å². The van der Waals surface area contributed by atoms with Crippen LogP contribution in [-0.4, -0.2) is 35.7 Å². The van der Waals surface area contributed by atoms with E-state index in [4.69, 9.17) is 0 Å². The predicted molar refractivity (Wildman–Crippen MR) is 121 cm³/mol.